The maximum Gasteiger partial charge on any atom is 0.326 e. The van der Waals surface area contributed by atoms with Gasteiger partial charge in [-0.25, -0.2) is 9.79 Å². The van der Waals surface area contributed by atoms with Crippen LogP contribution in [0, 0.1) is 0 Å². The van der Waals surface area contributed by atoms with E-state index in [4.69, 9.17) is 4.74 Å². The first-order chi connectivity index (χ1) is 15.1. The number of nitrogens with zero attached hydrogens (tertiary/aromatic N) is 6. The highest BCUT2D eigenvalue weighted by atomic mass is 16.5. The van der Waals surface area contributed by atoms with Crippen molar-refractivity contribution in [2.45, 2.75) is 38.8 Å². The third-order valence-corrected chi connectivity index (χ3v) is 4.88. The van der Waals surface area contributed by atoms with E-state index in [0.717, 1.165) is 30.5 Å². The zero-order valence-electron chi connectivity index (χ0n) is 16.7. The summed E-state index contributed by atoms with van der Waals surface area (Å²) in [6, 6.07) is 4.29. The lowest BCUT2D eigenvalue weighted by molar-refractivity contribution is 0.274. The van der Waals surface area contributed by atoms with Gasteiger partial charge >= 0.3 is 11.7 Å². The first-order valence-electron chi connectivity index (χ1n) is 9.98. The zero-order valence-corrected chi connectivity index (χ0v) is 16.7. The molecule has 4 aromatic rings. The molecule has 0 bridgehead atoms. The van der Waals surface area contributed by atoms with Crippen LogP contribution in [0.15, 0.2) is 34.3 Å². The van der Waals surface area contributed by atoms with Crippen molar-refractivity contribution in [1.29, 1.82) is 0 Å². The lowest BCUT2D eigenvalue weighted by atomic mass is 10.2. The summed E-state index contributed by atoms with van der Waals surface area (Å²) in [6.45, 7) is 2.28. The van der Waals surface area contributed by atoms with Gasteiger partial charge in [0.15, 0.2) is 5.65 Å². The normalized spacial score (nSPS) is 15.1. The Morgan fingerprint density at radius 3 is 2.84 bits per heavy atom. The Morgan fingerprint density at radius 1 is 1.29 bits per heavy atom. The van der Waals surface area contributed by atoms with Crippen LogP contribution in [0.3, 0.4) is 0 Å². The third-order valence-electron chi connectivity index (χ3n) is 4.88. The van der Waals surface area contributed by atoms with Gasteiger partial charge in [-0.05, 0) is 37.0 Å². The Kier molecular flexibility index (Phi) is 4.69. The van der Waals surface area contributed by atoms with E-state index in [-0.39, 0.29) is 30.2 Å². The lowest BCUT2D eigenvalue weighted by Gasteiger charge is -2.05. The van der Waals surface area contributed by atoms with Crippen molar-refractivity contribution in [3.8, 4) is 11.9 Å². The van der Waals surface area contributed by atoms with Gasteiger partial charge < -0.3 is 14.8 Å². The summed E-state index contributed by atoms with van der Waals surface area (Å²) in [5.41, 5.74) is 2.46. The van der Waals surface area contributed by atoms with Crippen LogP contribution in [0.4, 0.5) is 0 Å². The second-order valence-electron chi connectivity index (χ2n) is 7.29. The van der Waals surface area contributed by atoms with Crippen molar-refractivity contribution in [3.05, 3.63) is 62.8 Å². The fourth-order valence-corrected chi connectivity index (χ4v) is 3.01. The Bertz CT molecular complexity index is 1410. The molecule has 1 aliphatic carbocycles. The average molecular weight is 420 g/mol. The molecule has 11 heteroatoms. The molecular formula is C20H20N8O3. The molecule has 0 radical (unpaired) electrons. The molecule has 4 aromatic heterocycles. The number of H-pyrrole nitrogens is 2. The molecule has 0 atom stereocenters. The van der Waals surface area contributed by atoms with E-state index >= 15 is 0 Å². The molecule has 158 valence electrons. The molecule has 0 saturated heterocycles. The van der Waals surface area contributed by atoms with Gasteiger partial charge in [-0.3, -0.25) is 9.97 Å². The minimum Gasteiger partial charge on any atom is -0.493 e. The zero-order chi connectivity index (χ0) is 21.4. The lowest BCUT2D eigenvalue weighted by Crippen LogP contribution is -2.24. The van der Waals surface area contributed by atoms with Crippen molar-refractivity contribution in [2.24, 2.45) is 4.99 Å². The van der Waals surface area contributed by atoms with Crippen LogP contribution in [-0.2, 0) is 13.0 Å². The van der Waals surface area contributed by atoms with Crippen molar-refractivity contribution in [1.82, 2.24) is 34.5 Å². The highest BCUT2D eigenvalue weighted by Gasteiger charge is 2.21. The quantitative estimate of drug-likeness (QED) is 0.398. The first kappa shape index (κ1) is 19.0. The highest BCUT2D eigenvalue weighted by molar-refractivity contribution is 5.56. The first-order valence-corrected chi connectivity index (χ1v) is 9.98. The molecule has 3 N–H and O–H groups in total. The predicted molar refractivity (Wildman–Crippen MR) is 109 cm³/mol. The number of imidazole rings is 1. The molecule has 4 heterocycles. The van der Waals surface area contributed by atoms with E-state index in [0.29, 0.717) is 16.5 Å². The van der Waals surface area contributed by atoms with Gasteiger partial charge in [-0.15, -0.1) is 0 Å². The summed E-state index contributed by atoms with van der Waals surface area (Å²) in [5.74, 6) is -0.264. The fourth-order valence-electron chi connectivity index (χ4n) is 3.01. The summed E-state index contributed by atoms with van der Waals surface area (Å²) in [4.78, 5) is 34.1. The van der Waals surface area contributed by atoms with Crippen LogP contribution < -0.4 is 21.3 Å². The number of ether oxygens (including phenoxy) is 1. The van der Waals surface area contributed by atoms with Crippen LogP contribution in [0.25, 0.3) is 11.7 Å². The number of nitrogens with one attached hydrogen (secondary N) is 2. The van der Waals surface area contributed by atoms with Crippen molar-refractivity contribution in [3.63, 3.8) is 0 Å². The smallest absolute Gasteiger partial charge is 0.326 e. The number of aromatic hydroxyl groups is 1. The largest absolute Gasteiger partial charge is 0.493 e. The van der Waals surface area contributed by atoms with Crippen LogP contribution in [0.5, 0.6) is 11.9 Å². The average Bonchev–Trinajstić information content (AvgIpc) is 3.41. The van der Waals surface area contributed by atoms with Gasteiger partial charge in [-0.2, -0.15) is 19.6 Å². The van der Waals surface area contributed by atoms with Crippen molar-refractivity contribution in [2.75, 3.05) is 0 Å². The van der Waals surface area contributed by atoms with E-state index in [1.54, 1.807) is 12.3 Å². The molecule has 5 rings (SSSR count). The topological polar surface area (TPSA) is 146 Å². The van der Waals surface area contributed by atoms with Crippen LogP contribution >= 0.6 is 0 Å². The van der Waals surface area contributed by atoms with Gasteiger partial charge in [0.1, 0.15) is 12.3 Å². The number of aryl methyl sites for hydroxylation is 1. The van der Waals surface area contributed by atoms with E-state index in [1.165, 1.54) is 4.52 Å². The van der Waals surface area contributed by atoms with Crippen molar-refractivity contribution < 1.29 is 9.84 Å². The number of fused-ring (bicyclic) bond motifs is 1. The van der Waals surface area contributed by atoms with Gasteiger partial charge in [0, 0.05) is 11.4 Å². The van der Waals surface area contributed by atoms with Gasteiger partial charge in [0.25, 0.3) is 5.62 Å². The fraction of sp³-hybridized carbons (Fsp3) is 0.300. The van der Waals surface area contributed by atoms with E-state index in [1.807, 2.05) is 18.3 Å². The van der Waals surface area contributed by atoms with Crippen molar-refractivity contribution >= 4 is 11.7 Å². The minimum atomic E-state index is -0.509. The molecular weight excluding hydrogens is 400 g/mol. The van der Waals surface area contributed by atoms with Gasteiger partial charge in [0.2, 0.25) is 5.88 Å². The van der Waals surface area contributed by atoms with Crippen LogP contribution in [0.1, 0.15) is 36.7 Å². The molecule has 1 aliphatic rings. The molecule has 0 spiro atoms. The number of hydrogen-bond donors (Lipinski definition) is 3. The van der Waals surface area contributed by atoms with E-state index < -0.39 is 5.69 Å². The number of aromatic amines is 2. The number of aromatic nitrogens is 7. The summed E-state index contributed by atoms with van der Waals surface area (Å²) in [6.07, 6.45) is 7.89. The van der Waals surface area contributed by atoms with Crippen LogP contribution in [-0.4, -0.2) is 45.7 Å². The Hall–Kier alpha value is -4.02. The molecule has 0 aromatic carbocycles. The maximum absolute atomic E-state index is 11.4. The molecule has 0 amide bonds. The Balaban J connectivity index is 1.55. The SMILES string of the molecule is CCc1ccc(COc2nc(=NC3CC3)n3nc/c(=C/c4[nH]c(=O)[nH]c4O)c3n2)nc1. The second-order valence-corrected chi connectivity index (χ2v) is 7.29. The molecule has 1 saturated carbocycles. The second kappa shape index (κ2) is 7.67. The Morgan fingerprint density at radius 2 is 2.16 bits per heavy atom. The molecule has 0 unspecified atom stereocenters. The van der Waals surface area contributed by atoms with E-state index in [9.17, 15) is 9.90 Å². The highest BCUT2D eigenvalue weighted by Crippen LogP contribution is 2.22. The van der Waals surface area contributed by atoms with Crippen LogP contribution in [0.2, 0.25) is 0 Å². The number of hydrogen-bond acceptors (Lipinski definition) is 8. The molecule has 1 fully saturated rings. The molecule has 11 nitrogen and oxygen atoms in total. The third kappa shape index (κ3) is 4.02. The Labute approximate surface area is 175 Å². The van der Waals surface area contributed by atoms with E-state index in [2.05, 4.69) is 41.9 Å². The number of pyridine rings is 1. The molecule has 31 heavy (non-hydrogen) atoms. The molecule has 0 aliphatic heterocycles. The monoisotopic (exact) mass is 420 g/mol. The van der Waals surface area contributed by atoms with Gasteiger partial charge in [-0.1, -0.05) is 13.0 Å². The number of rotatable bonds is 6. The summed E-state index contributed by atoms with van der Waals surface area (Å²) < 4.78 is 7.33. The predicted octanol–water partition coefficient (Wildman–Crippen LogP) is -0.00650. The maximum atomic E-state index is 11.4. The minimum absolute atomic E-state index is 0.148. The standard InChI is InChI=1S/C20H20N8O3/c1-2-11-3-4-14(21-8-11)10-31-20-25-16-12(7-15-17(29)26-19(30)24-15)9-22-28(16)18(27-20)23-13-5-6-13/h3-4,7-9,13,29H,2,5-6,10H2,1H3,(H2,24,26,30)/b12-7-,23-18?. The summed E-state index contributed by atoms with van der Waals surface area (Å²) >= 11 is 0. The van der Waals surface area contributed by atoms with Gasteiger partial charge in [0.05, 0.1) is 17.9 Å². The summed E-state index contributed by atoms with van der Waals surface area (Å²) in [7, 11) is 0. The summed E-state index contributed by atoms with van der Waals surface area (Å²) in [5, 5.41) is 14.7.